The van der Waals surface area contributed by atoms with E-state index in [1.807, 2.05) is 45.0 Å². The van der Waals surface area contributed by atoms with E-state index in [-0.39, 0.29) is 12.0 Å². The molecule has 0 saturated heterocycles. The van der Waals surface area contributed by atoms with Gasteiger partial charge in [0.05, 0.1) is 6.42 Å². The lowest BCUT2D eigenvalue weighted by Crippen LogP contribution is -2.22. The van der Waals surface area contributed by atoms with Crippen molar-refractivity contribution in [1.29, 1.82) is 0 Å². The van der Waals surface area contributed by atoms with Gasteiger partial charge in [0.25, 0.3) is 0 Å². The Morgan fingerprint density at radius 1 is 1.16 bits per heavy atom. The summed E-state index contributed by atoms with van der Waals surface area (Å²) in [5.41, 5.74) is 5.46. The highest BCUT2D eigenvalue weighted by atomic mass is 16.6. The topological polar surface area (TPSA) is 78.6 Å². The number of carbonyl (C=O) groups is 2. The highest BCUT2D eigenvalue weighted by molar-refractivity contribution is 5.83. The maximum Gasteiger partial charge on any atom is 0.412 e. The van der Waals surface area contributed by atoms with Crippen LogP contribution in [-0.4, -0.2) is 17.7 Å². The van der Waals surface area contributed by atoms with Crippen molar-refractivity contribution in [2.24, 2.45) is 5.73 Å². The van der Waals surface area contributed by atoms with Crippen molar-refractivity contribution < 1.29 is 19.1 Å². The third-order valence-corrected chi connectivity index (χ3v) is 2.18. The van der Waals surface area contributed by atoms with Crippen molar-refractivity contribution in [2.45, 2.75) is 39.2 Å². The van der Waals surface area contributed by atoms with Crippen molar-refractivity contribution in [1.82, 2.24) is 0 Å². The predicted molar refractivity (Wildman–Crippen MR) is 70.8 cm³/mol. The van der Waals surface area contributed by atoms with Gasteiger partial charge in [-0.2, -0.15) is 0 Å². The lowest BCUT2D eigenvalue weighted by molar-refractivity contribution is -0.137. The van der Waals surface area contributed by atoms with Gasteiger partial charge in [0.2, 0.25) is 0 Å². The van der Waals surface area contributed by atoms with Gasteiger partial charge in [0, 0.05) is 0 Å². The summed E-state index contributed by atoms with van der Waals surface area (Å²) < 4.78 is 9.92. The fourth-order valence-electron chi connectivity index (χ4n) is 1.49. The molecule has 0 aliphatic heterocycles. The Morgan fingerprint density at radius 2 is 1.74 bits per heavy atom. The van der Waals surface area contributed by atoms with E-state index in [1.165, 1.54) is 0 Å². The van der Waals surface area contributed by atoms with Gasteiger partial charge in [0.1, 0.15) is 11.4 Å². The Balaban J connectivity index is 2.49. The van der Waals surface area contributed by atoms with Crippen LogP contribution in [0.2, 0.25) is 0 Å². The molecule has 104 valence electrons. The second-order valence-electron chi connectivity index (χ2n) is 5.15. The Morgan fingerprint density at radius 3 is 2.21 bits per heavy atom. The van der Waals surface area contributed by atoms with Gasteiger partial charge in [-0.1, -0.05) is 12.1 Å². The Bertz CT molecular complexity index is 446. The number of amides is 1. The van der Waals surface area contributed by atoms with Crippen molar-refractivity contribution >= 4 is 12.1 Å². The summed E-state index contributed by atoms with van der Waals surface area (Å²) in [7, 11) is 0. The molecule has 0 fully saturated rings. The van der Waals surface area contributed by atoms with E-state index >= 15 is 0 Å². The molecule has 0 atom stereocenters. The third-order valence-electron chi connectivity index (χ3n) is 2.18. The first kappa shape index (κ1) is 15.0. The van der Waals surface area contributed by atoms with E-state index in [1.54, 1.807) is 0 Å². The molecule has 0 aliphatic rings. The summed E-state index contributed by atoms with van der Waals surface area (Å²) >= 11 is 0. The lowest BCUT2D eigenvalue weighted by atomic mass is 10.1. The van der Waals surface area contributed by atoms with Crippen LogP contribution < -0.4 is 10.5 Å². The van der Waals surface area contributed by atoms with Crippen molar-refractivity contribution in [3.63, 3.8) is 0 Å². The van der Waals surface area contributed by atoms with Crippen LogP contribution in [0.3, 0.4) is 0 Å². The summed E-state index contributed by atoms with van der Waals surface area (Å²) in [5, 5.41) is 0. The van der Waals surface area contributed by atoms with Gasteiger partial charge in [0.15, 0.2) is 0 Å². The number of nitrogens with two attached hydrogens (primary N) is 1. The zero-order valence-electron chi connectivity index (χ0n) is 11.4. The maximum atomic E-state index is 11.1. The van der Waals surface area contributed by atoms with Crippen LogP contribution in [0.15, 0.2) is 24.3 Å². The van der Waals surface area contributed by atoms with Crippen LogP contribution in [0.4, 0.5) is 4.79 Å². The first-order valence-electron chi connectivity index (χ1n) is 6.04. The van der Waals surface area contributed by atoms with Gasteiger partial charge in [-0.15, -0.1) is 0 Å². The molecular formula is C14H19NO4. The number of ether oxygens (including phenoxy) is 2. The van der Waals surface area contributed by atoms with Gasteiger partial charge in [-0.05, 0) is 44.9 Å². The van der Waals surface area contributed by atoms with Crippen molar-refractivity contribution in [2.75, 3.05) is 0 Å². The molecule has 5 heteroatoms. The molecule has 0 unspecified atom stereocenters. The van der Waals surface area contributed by atoms with Gasteiger partial charge >= 0.3 is 12.1 Å². The molecule has 0 radical (unpaired) electrons. The van der Waals surface area contributed by atoms with Gasteiger partial charge in [-0.25, -0.2) is 4.79 Å². The summed E-state index contributed by atoms with van der Waals surface area (Å²) in [5.74, 6) is 0.151. The van der Waals surface area contributed by atoms with Crippen LogP contribution in [0.1, 0.15) is 32.8 Å². The minimum atomic E-state index is -1.07. The van der Waals surface area contributed by atoms with Crippen molar-refractivity contribution in [3.05, 3.63) is 29.8 Å². The van der Waals surface area contributed by atoms with Crippen LogP contribution >= 0.6 is 0 Å². The molecule has 2 N–H and O–H groups in total. The van der Waals surface area contributed by atoms with Crippen LogP contribution in [0.25, 0.3) is 0 Å². The molecule has 0 heterocycles. The summed E-state index contributed by atoms with van der Waals surface area (Å²) in [6.45, 7) is 5.92. The van der Waals surface area contributed by atoms with E-state index < -0.39 is 12.1 Å². The normalized spacial score (nSPS) is 10.9. The number of esters is 1. The fourth-order valence-corrected chi connectivity index (χ4v) is 1.49. The molecule has 0 bridgehead atoms. The zero-order chi connectivity index (χ0) is 14.5. The molecule has 1 aromatic carbocycles. The average molecular weight is 265 g/mol. The second kappa shape index (κ2) is 6.22. The average Bonchev–Trinajstić information content (AvgIpc) is 2.25. The van der Waals surface area contributed by atoms with Crippen LogP contribution in [0.5, 0.6) is 5.75 Å². The van der Waals surface area contributed by atoms with E-state index in [9.17, 15) is 9.59 Å². The number of aryl methyl sites for hydroxylation is 1. The third kappa shape index (κ3) is 6.45. The first-order chi connectivity index (χ1) is 8.76. The molecule has 1 amide bonds. The Kier molecular flexibility index (Phi) is 4.92. The smallest absolute Gasteiger partial charge is 0.412 e. The molecular weight excluding hydrogens is 246 g/mol. The molecule has 0 spiro atoms. The Labute approximate surface area is 112 Å². The molecule has 0 aliphatic carbocycles. The van der Waals surface area contributed by atoms with Crippen molar-refractivity contribution in [3.8, 4) is 5.75 Å². The number of carbonyl (C=O) groups excluding carboxylic acids is 2. The monoisotopic (exact) mass is 265 g/mol. The van der Waals surface area contributed by atoms with Gasteiger partial charge in [-0.3, -0.25) is 4.79 Å². The first-order valence-corrected chi connectivity index (χ1v) is 6.04. The van der Waals surface area contributed by atoms with Crippen LogP contribution in [0, 0.1) is 0 Å². The number of hydrogen-bond donors (Lipinski definition) is 1. The van der Waals surface area contributed by atoms with E-state index in [4.69, 9.17) is 10.5 Å². The van der Waals surface area contributed by atoms with E-state index in [0.717, 1.165) is 11.3 Å². The molecule has 0 aromatic heterocycles. The minimum Gasteiger partial charge on any atom is -0.488 e. The molecule has 0 saturated carbocycles. The number of hydrogen-bond acceptors (Lipinski definition) is 4. The summed E-state index contributed by atoms with van der Waals surface area (Å²) in [6, 6.07) is 7.44. The Hall–Kier alpha value is -2.04. The van der Waals surface area contributed by atoms with E-state index in [2.05, 4.69) is 4.74 Å². The second-order valence-corrected chi connectivity index (χ2v) is 5.15. The standard InChI is InChI=1S/C14H19NO4/c1-14(2,3)19-11-7-4-10(5-8-11)6-9-12(16)18-13(15)17/h4-5,7-8H,6,9H2,1-3H3,(H2,15,17). The number of benzene rings is 1. The molecule has 1 rings (SSSR count). The minimum absolute atomic E-state index is 0.114. The van der Waals surface area contributed by atoms with E-state index in [0.29, 0.717) is 6.42 Å². The summed E-state index contributed by atoms with van der Waals surface area (Å²) in [6.07, 6.45) is -0.469. The SMILES string of the molecule is CC(C)(C)Oc1ccc(CCC(=O)OC(N)=O)cc1. The summed E-state index contributed by atoms with van der Waals surface area (Å²) in [4.78, 5) is 21.5. The zero-order valence-corrected chi connectivity index (χ0v) is 11.4. The highest BCUT2D eigenvalue weighted by Crippen LogP contribution is 2.19. The number of rotatable bonds is 4. The number of primary amides is 1. The fraction of sp³-hybridized carbons (Fsp3) is 0.429. The highest BCUT2D eigenvalue weighted by Gasteiger charge is 2.11. The molecule has 1 aromatic rings. The quantitative estimate of drug-likeness (QED) is 0.669. The predicted octanol–water partition coefficient (Wildman–Crippen LogP) is 2.42. The maximum absolute atomic E-state index is 11.1. The van der Waals surface area contributed by atoms with Gasteiger partial charge < -0.3 is 15.2 Å². The van der Waals surface area contributed by atoms with Crippen LogP contribution in [-0.2, 0) is 16.0 Å². The molecule has 19 heavy (non-hydrogen) atoms. The molecule has 5 nitrogen and oxygen atoms in total. The largest absolute Gasteiger partial charge is 0.488 e. The lowest BCUT2D eigenvalue weighted by Gasteiger charge is -2.21.